The number of aromatic nitrogens is 1. The fourth-order valence-corrected chi connectivity index (χ4v) is 2.81. The molecule has 1 aliphatic rings. The van der Waals surface area contributed by atoms with Gasteiger partial charge >= 0.3 is 5.97 Å². The minimum atomic E-state index is -0.960. The SMILES string of the molecule is Cc1nc([C@H]2COc3ccccc3O2)sc1C(=O)O. The van der Waals surface area contributed by atoms with Crippen LogP contribution in [0.25, 0.3) is 0 Å². The lowest BCUT2D eigenvalue weighted by atomic mass is 10.2. The quantitative estimate of drug-likeness (QED) is 0.914. The summed E-state index contributed by atoms with van der Waals surface area (Å²) in [5.74, 6) is 0.396. The molecule has 2 aromatic rings. The molecule has 1 N–H and O–H groups in total. The van der Waals surface area contributed by atoms with Crippen LogP contribution in [-0.2, 0) is 0 Å². The van der Waals surface area contributed by atoms with Crippen LogP contribution >= 0.6 is 11.3 Å². The molecule has 1 aromatic heterocycles. The minimum Gasteiger partial charge on any atom is -0.485 e. The molecule has 1 atom stereocenters. The highest BCUT2D eigenvalue weighted by atomic mass is 32.1. The Morgan fingerprint density at radius 2 is 2.16 bits per heavy atom. The number of nitrogens with zero attached hydrogens (tertiary/aromatic N) is 1. The zero-order valence-corrected chi connectivity index (χ0v) is 10.9. The van der Waals surface area contributed by atoms with Crippen molar-refractivity contribution in [3.63, 3.8) is 0 Å². The van der Waals surface area contributed by atoms with Crippen LogP contribution in [0.4, 0.5) is 0 Å². The van der Waals surface area contributed by atoms with Crippen molar-refractivity contribution >= 4 is 17.3 Å². The molecule has 0 amide bonds. The summed E-state index contributed by atoms with van der Waals surface area (Å²) in [7, 11) is 0. The predicted molar refractivity (Wildman–Crippen MR) is 69.1 cm³/mol. The number of thiazole rings is 1. The molecule has 0 fully saturated rings. The third-order valence-electron chi connectivity index (χ3n) is 2.79. The average molecular weight is 277 g/mol. The molecule has 0 radical (unpaired) electrons. The van der Waals surface area contributed by atoms with Gasteiger partial charge in [-0.3, -0.25) is 0 Å². The molecule has 5 nitrogen and oxygen atoms in total. The van der Waals surface area contributed by atoms with E-state index in [-0.39, 0.29) is 11.0 Å². The van der Waals surface area contributed by atoms with Gasteiger partial charge in [-0.2, -0.15) is 0 Å². The second-order valence-corrected chi connectivity index (χ2v) is 5.17. The number of para-hydroxylation sites is 2. The third-order valence-corrected chi connectivity index (χ3v) is 4.03. The van der Waals surface area contributed by atoms with Gasteiger partial charge in [0, 0.05) is 0 Å². The molecule has 19 heavy (non-hydrogen) atoms. The van der Waals surface area contributed by atoms with Crippen LogP contribution in [0.15, 0.2) is 24.3 Å². The lowest BCUT2D eigenvalue weighted by Crippen LogP contribution is -2.21. The average Bonchev–Trinajstić information content (AvgIpc) is 2.80. The van der Waals surface area contributed by atoms with Gasteiger partial charge < -0.3 is 14.6 Å². The maximum absolute atomic E-state index is 11.0. The zero-order valence-electron chi connectivity index (χ0n) is 10.1. The van der Waals surface area contributed by atoms with Crippen molar-refractivity contribution in [2.45, 2.75) is 13.0 Å². The van der Waals surface area contributed by atoms with Crippen LogP contribution in [0.2, 0.25) is 0 Å². The summed E-state index contributed by atoms with van der Waals surface area (Å²) < 4.78 is 11.4. The molecule has 0 saturated carbocycles. The van der Waals surface area contributed by atoms with Crippen LogP contribution in [0.1, 0.15) is 26.5 Å². The molecule has 0 spiro atoms. The van der Waals surface area contributed by atoms with Crippen molar-refractivity contribution in [3.05, 3.63) is 39.8 Å². The van der Waals surface area contributed by atoms with Crippen LogP contribution in [-0.4, -0.2) is 22.7 Å². The van der Waals surface area contributed by atoms with E-state index in [9.17, 15) is 4.79 Å². The van der Waals surface area contributed by atoms with E-state index >= 15 is 0 Å². The zero-order chi connectivity index (χ0) is 13.4. The van der Waals surface area contributed by atoms with E-state index in [0.29, 0.717) is 28.8 Å². The maximum Gasteiger partial charge on any atom is 0.347 e. The third kappa shape index (κ3) is 2.15. The predicted octanol–water partition coefficient (Wildman–Crippen LogP) is 2.66. The van der Waals surface area contributed by atoms with E-state index in [2.05, 4.69) is 4.98 Å². The summed E-state index contributed by atoms with van der Waals surface area (Å²) in [5.41, 5.74) is 0.509. The summed E-state index contributed by atoms with van der Waals surface area (Å²) in [4.78, 5) is 15.5. The van der Waals surface area contributed by atoms with Gasteiger partial charge in [0.25, 0.3) is 0 Å². The van der Waals surface area contributed by atoms with Crippen LogP contribution in [0.5, 0.6) is 11.5 Å². The summed E-state index contributed by atoms with van der Waals surface area (Å²) in [6.45, 7) is 2.02. The van der Waals surface area contributed by atoms with Crippen LogP contribution < -0.4 is 9.47 Å². The number of rotatable bonds is 2. The number of aryl methyl sites for hydroxylation is 1. The van der Waals surface area contributed by atoms with Crippen molar-refractivity contribution in [3.8, 4) is 11.5 Å². The van der Waals surface area contributed by atoms with Gasteiger partial charge in [0.1, 0.15) is 16.5 Å². The maximum atomic E-state index is 11.0. The van der Waals surface area contributed by atoms with Crippen molar-refractivity contribution in [1.82, 2.24) is 4.98 Å². The van der Waals surface area contributed by atoms with E-state index in [1.165, 1.54) is 0 Å². The number of ether oxygens (including phenoxy) is 2. The van der Waals surface area contributed by atoms with Gasteiger partial charge in [-0.15, -0.1) is 11.3 Å². The second kappa shape index (κ2) is 4.55. The first-order valence-corrected chi connectivity index (χ1v) is 6.56. The summed E-state index contributed by atoms with van der Waals surface area (Å²) >= 11 is 1.13. The van der Waals surface area contributed by atoms with Gasteiger partial charge in [-0.25, -0.2) is 9.78 Å². The first-order chi connectivity index (χ1) is 9.15. The first-order valence-electron chi connectivity index (χ1n) is 5.74. The van der Waals surface area contributed by atoms with E-state index in [1.54, 1.807) is 6.92 Å². The molecule has 2 heterocycles. The second-order valence-electron chi connectivity index (χ2n) is 4.14. The van der Waals surface area contributed by atoms with Crippen molar-refractivity contribution in [2.75, 3.05) is 6.61 Å². The number of carbonyl (C=O) groups is 1. The normalized spacial score (nSPS) is 17.2. The molecule has 3 rings (SSSR count). The van der Waals surface area contributed by atoms with Gasteiger partial charge in [0.05, 0.1) is 5.69 Å². The highest BCUT2D eigenvalue weighted by molar-refractivity contribution is 7.13. The van der Waals surface area contributed by atoms with Gasteiger partial charge in [0.2, 0.25) is 0 Å². The Labute approximate surface area is 113 Å². The highest BCUT2D eigenvalue weighted by Crippen LogP contribution is 2.37. The number of fused-ring (bicyclic) bond motifs is 1. The van der Waals surface area contributed by atoms with Crippen molar-refractivity contribution in [2.24, 2.45) is 0 Å². The standard InChI is InChI=1S/C13H11NO4S/c1-7-11(13(15)16)19-12(14-7)10-6-17-8-4-2-3-5-9(8)18-10/h2-5,10H,6H2,1H3,(H,15,16)/t10-/m1/s1. The van der Waals surface area contributed by atoms with E-state index in [0.717, 1.165) is 11.3 Å². The number of aromatic carboxylic acids is 1. The number of carboxylic acid groups (broad SMARTS) is 1. The first kappa shape index (κ1) is 12.0. The lowest BCUT2D eigenvalue weighted by molar-refractivity contribution is 0.0701. The number of benzene rings is 1. The molecule has 0 unspecified atom stereocenters. The van der Waals surface area contributed by atoms with Crippen molar-refractivity contribution in [1.29, 1.82) is 0 Å². The summed E-state index contributed by atoms with van der Waals surface area (Å²) in [6.07, 6.45) is -0.355. The minimum absolute atomic E-state index is 0.248. The van der Waals surface area contributed by atoms with E-state index in [4.69, 9.17) is 14.6 Å². The molecule has 1 aromatic carbocycles. The molecule has 98 valence electrons. The lowest BCUT2D eigenvalue weighted by Gasteiger charge is -2.24. The Hall–Kier alpha value is -2.08. The molecule has 0 saturated heterocycles. The largest absolute Gasteiger partial charge is 0.485 e. The van der Waals surface area contributed by atoms with Gasteiger partial charge in [-0.05, 0) is 19.1 Å². The molecular formula is C13H11NO4S. The summed E-state index contributed by atoms with van der Waals surface area (Å²) in [6, 6.07) is 7.39. The molecule has 0 bridgehead atoms. The fraction of sp³-hybridized carbons (Fsp3) is 0.231. The monoisotopic (exact) mass is 277 g/mol. The number of hydrogen-bond donors (Lipinski definition) is 1. The van der Waals surface area contributed by atoms with E-state index < -0.39 is 5.97 Å². The number of hydrogen-bond acceptors (Lipinski definition) is 5. The Morgan fingerprint density at radius 3 is 2.84 bits per heavy atom. The Kier molecular flexibility index (Phi) is 2.87. The van der Waals surface area contributed by atoms with Crippen LogP contribution in [0.3, 0.4) is 0 Å². The number of carboxylic acids is 1. The Balaban J connectivity index is 1.89. The molecular weight excluding hydrogens is 266 g/mol. The smallest absolute Gasteiger partial charge is 0.347 e. The fourth-order valence-electron chi connectivity index (χ4n) is 1.89. The molecule has 0 aliphatic carbocycles. The Morgan fingerprint density at radius 1 is 1.42 bits per heavy atom. The highest BCUT2D eigenvalue weighted by Gasteiger charge is 2.27. The van der Waals surface area contributed by atoms with Gasteiger partial charge in [0.15, 0.2) is 17.6 Å². The van der Waals surface area contributed by atoms with Crippen molar-refractivity contribution < 1.29 is 19.4 Å². The van der Waals surface area contributed by atoms with Crippen LogP contribution in [0, 0.1) is 6.92 Å². The van der Waals surface area contributed by atoms with E-state index in [1.807, 2.05) is 24.3 Å². The molecule has 1 aliphatic heterocycles. The molecule has 6 heteroatoms. The Bertz CT molecular complexity index is 637. The topological polar surface area (TPSA) is 68.7 Å². The summed E-state index contributed by atoms with van der Waals surface area (Å²) in [5, 5.41) is 9.66. The van der Waals surface area contributed by atoms with Gasteiger partial charge in [-0.1, -0.05) is 12.1 Å².